The Morgan fingerprint density at radius 2 is 1.85 bits per heavy atom. The molecule has 2 aliphatic rings. The Morgan fingerprint density at radius 1 is 1.00 bits per heavy atom. The minimum Gasteiger partial charge on any atom is -0.306 e. The normalized spacial score (nSPS) is 19.0. The molecule has 4 aromatic rings. The number of benzene rings is 1. The predicted molar refractivity (Wildman–Crippen MR) is 126 cm³/mol. The Morgan fingerprint density at radius 3 is 2.64 bits per heavy atom. The van der Waals surface area contributed by atoms with Gasteiger partial charge in [0.15, 0.2) is 5.66 Å². The fraction of sp³-hybridized carbons (Fsp3) is 0.120. The second kappa shape index (κ2) is 7.50. The van der Waals surface area contributed by atoms with Crippen molar-refractivity contribution in [3.05, 3.63) is 106 Å². The zero-order valence-electron chi connectivity index (χ0n) is 17.3. The molecule has 0 radical (unpaired) electrons. The van der Waals surface area contributed by atoms with E-state index in [9.17, 15) is 9.59 Å². The number of fused-ring (bicyclic) bond motifs is 3. The van der Waals surface area contributed by atoms with Crippen LogP contribution in [-0.4, -0.2) is 44.7 Å². The van der Waals surface area contributed by atoms with Gasteiger partial charge in [-0.15, -0.1) is 11.3 Å². The van der Waals surface area contributed by atoms with Crippen LogP contribution in [0.1, 0.15) is 31.2 Å². The lowest BCUT2D eigenvalue weighted by atomic mass is 9.91. The van der Waals surface area contributed by atoms with Gasteiger partial charge in [-0.25, -0.2) is 0 Å². The molecule has 1 unspecified atom stereocenters. The van der Waals surface area contributed by atoms with E-state index in [4.69, 9.17) is 11.6 Å². The van der Waals surface area contributed by atoms with Crippen LogP contribution in [0.25, 0.3) is 10.6 Å². The lowest BCUT2D eigenvalue weighted by Gasteiger charge is -2.40. The van der Waals surface area contributed by atoms with Gasteiger partial charge in [0.05, 0.1) is 21.0 Å². The molecule has 3 aromatic heterocycles. The molecule has 1 aromatic carbocycles. The molecule has 0 spiro atoms. The van der Waals surface area contributed by atoms with E-state index in [1.807, 2.05) is 42.5 Å². The first-order valence-electron chi connectivity index (χ1n) is 10.5. The van der Waals surface area contributed by atoms with E-state index >= 15 is 0 Å². The van der Waals surface area contributed by atoms with Crippen LogP contribution in [0.2, 0.25) is 5.02 Å². The third kappa shape index (κ3) is 2.86. The van der Waals surface area contributed by atoms with Crippen molar-refractivity contribution >= 4 is 34.8 Å². The maximum absolute atomic E-state index is 13.9. The molecule has 0 bridgehead atoms. The lowest BCUT2D eigenvalue weighted by molar-refractivity contribution is 0.0378. The Balaban J connectivity index is 1.50. The maximum Gasteiger partial charge on any atom is 0.266 e. The summed E-state index contributed by atoms with van der Waals surface area (Å²) in [6.45, 7) is 0.846. The molecule has 1 fully saturated rings. The van der Waals surface area contributed by atoms with Crippen LogP contribution in [0.15, 0.2) is 79.3 Å². The number of carbonyl (C=O) groups excluding carboxylic acids is 2. The fourth-order valence-electron chi connectivity index (χ4n) is 4.84. The molecule has 0 saturated carbocycles. The first-order chi connectivity index (χ1) is 16.1. The third-order valence-electron chi connectivity index (χ3n) is 6.23. The zero-order valence-corrected chi connectivity index (χ0v) is 18.9. The lowest BCUT2D eigenvalue weighted by Crippen LogP contribution is -2.51. The van der Waals surface area contributed by atoms with E-state index in [-0.39, 0.29) is 11.8 Å². The standard InChI is InChI=1S/C25H17ClN4O2S/c26-17-6-4-16(5-7-17)25-19-15-27-12-10-18(19)23(31)29(25)13-14-30(25)24(32)22-9-8-21(33-22)20-3-1-2-11-28-20/h1-12,15H,13-14H2. The molecule has 0 aliphatic carbocycles. The average molecular weight is 473 g/mol. The van der Waals surface area contributed by atoms with Gasteiger partial charge in [0, 0.05) is 47.8 Å². The zero-order chi connectivity index (χ0) is 22.6. The molecule has 5 heterocycles. The van der Waals surface area contributed by atoms with Gasteiger partial charge in [0.1, 0.15) is 0 Å². The largest absolute Gasteiger partial charge is 0.306 e. The molecule has 1 atom stereocenters. The van der Waals surface area contributed by atoms with Crippen molar-refractivity contribution in [1.82, 2.24) is 19.8 Å². The van der Waals surface area contributed by atoms with Crippen LogP contribution in [0.4, 0.5) is 0 Å². The smallest absolute Gasteiger partial charge is 0.266 e. The molecule has 0 N–H and O–H groups in total. The highest BCUT2D eigenvalue weighted by molar-refractivity contribution is 7.17. The van der Waals surface area contributed by atoms with Gasteiger partial charge in [0.25, 0.3) is 11.8 Å². The predicted octanol–water partition coefficient (Wildman–Crippen LogP) is 4.67. The van der Waals surface area contributed by atoms with E-state index < -0.39 is 5.66 Å². The number of pyridine rings is 2. The summed E-state index contributed by atoms with van der Waals surface area (Å²) in [4.78, 5) is 41.0. The molecule has 8 heteroatoms. The molecule has 1 saturated heterocycles. The highest BCUT2D eigenvalue weighted by Gasteiger charge is 2.60. The minimum atomic E-state index is -1.06. The first-order valence-corrected chi connectivity index (χ1v) is 11.7. The van der Waals surface area contributed by atoms with E-state index in [0.29, 0.717) is 34.1 Å². The van der Waals surface area contributed by atoms with Crippen LogP contribution in [0.3, 0.4) is 0 Å². The number of hydrogen-bond acceptors (Lipinski definition) is 5. The maximum atomic E-state index is 13.9. The van der Waals surface area contributed by atoms with Gasteiger partial charge in [-0.2, -0.15) is 0 Å². The summed E-state index contributed by atoms with van der Waals surface area (Å²) in [5.74, 6) is -0.234. The summed E-state index contributed by atoms with van der Waals surface area (Å²) < 4.78 is 0. The number of nitrogens with zero attached hydrogens (tertiary/aromatic N) is 4. The molecule has 33 heavy (non-hydrogen) atoms. The van der Waals surface area contributed by atoms with Gasteiger partial charge < -0.3 is 9.80 Å². The van der Waals surface area contributed by atoms with Gasteiger partial charge in [0.2, 0.25) is 0 Å². The summed E-state index contributed by atoms with van der Waals surface area (Å²) in [5, 5.41) is 0.589. The number of aromatic nitrogens is 2. The molecular weight excluding hydrogens is 456 g/mol. The quantitative estimate of drug-likeness (QED) is 0.434. The molecule has 162 valence electrons. The summed E-state index contributed by atoms with van der Waals surface area (Å²) in [6, 6.07) is 18.5. The Labute approximate surface area is 199 Å². The SMILES string of the molecule is O=C(c1ccc(-c2ccccn2)s1)N1CCN2C(=O)c3ccncc3C12c1ccc(Cl)cc1. The third-order valence-corrected chi connectivity index (χ3v) is 7.57. The number of halogens is 1. The topological polar surface area (TPSA) is 66.4 Å². The van der Waals surface area contributed by atoms with Crippen molar-refractivity contribution in [2.75, 3.05) is 13.1 Å². The van der Waals surface area contributed by atoms with E-state index in [0.717, 1.165) is 16.1 Å². The van der Waals surface area contributed by atoms with Crippen LogP contribution in [0, 0.1) is 0 Å². The Kier molecular flexibility index (Phi) is 4.57. The second-order valence-corrected chi connectivity index (χ2v) is 9.41. The summed E-state index contributed by atoms with van der Waals surface area (Å²) in [6.07, 6.45) is 5.04. The fourth-order valence-corrected chi connectivity index (χ4v) is 5.90. The van der Waals surface area contributed by atoms with Gasteiger partial charge in [-0.05, 0) is 42.5 Å². The monoisotopic (exact) mass is 472 g/mol. The van der Waals surface area contributed by atoms with Crippen molar-refractivity contribution in [2.24, 2.45) is 0 Å². The number of hydrogen-bond donors (Lipinski definition) is 0. The van der Waals surface area contributed by atoms with E-state index in [1.54, 1.807) is 46.6 Å². The first kappa shape index (κ1) is 20.1. The molecular formula is C25H17ClN4O2S. The molecule has 2 amide bonds. The van der Waals surface area contributed by atoms with Crippen molar-refractivity contribution in [1.29, 1.82) is 0 Å². The molecule has 2 aliphatic heterocycles. The second-order valence-electron chi connectivity index (χ2n) is 7.89. The van der Waals surface area contributed by atoms with Crippen LogP contribution >= 0.6 is 22.9 Å². The summed E-state index contributed by atoms with van der Waals surface area (Å²) >= 11 is 7.57. The number of rotatable bonds is 3. The summed E-state index contributed by atoms with van der Waals surface area (Å²) in [5.41, 5.74) is 1.85. The van der Waals surface area contributed by atoms with E-state index in [2.05, 4.69) is 9.97 Å². The van der Waals surface area contributed by atoms with E-state index in [1.165, 1.54) is 11.3 Å². The number of carbonyl (C=O) groups is 2. The Bertz CT molecular complexity index is 1390. The van der Waals surface area contributed by atoms with Gasteiger partial charge in [-0.3, -0.25) is 19.6 Å². The Hall–Kier alpha value is -3.55. The van der Waals surface area contributed by atoms with Crippen molar-refractivity contribution in [3.8, 4) is 10.6 Å². The van der Waals surface area contributed by atoms with Crippen LogP contribution in [0.5, 0.6) is 0 Å². The minimum absolute atomic E-state index is 0.0991. The molecule has 6 nitrogen and oxygen atoms in total. The number of thiophene rings is 1. The highest BCUT2D eigenvalue weighted by atomic mass is 35.5. The van der Waals surface area contributed by atoms with Crippen molar-refractivity contribution in [2.45, 2.75) is 5.66 Å². The van der Waals surface area contributed by atoms with Gasteiger partial charge in [-0.1, -0.05) is 29.8 Å². The number of amides is 2. The van der Waals surface area contributed by atoms with Gasteiger partial charge >= 0.3 is 0 Å². The van der Waals surface area contributed by atoms with Crippen molar-refractivity contribution in [3.63, 3.8) is 0 Å². The van der Waals surface area contributed by atoms with Crippen LogP contribution < -0.4 is 0 Å². The average Bonchev–Trinajstić information content (AvgIpc) is 3.55. The molecule has 6 rings (SSSR count). The summed E-state index contributed by atoms with van der Waals surface area (Å²) in [7, 11) is 0. The highest BCUT2D eigenvalue weighted by Crippen LogP contribution is 2.50. The van der Waals surface area contributed by atoms with Crippen molar-refractivity contribution < 1.29 is 9.59 Å². The van der Waals surface area contributed by atoms with Crippen LogP contribution in [-0.2, 0) is 5.66 Å².